The molecule has 2 aromatic rings. The number of benzene rings is 1. The fourth-order valence-electron chi connectivity index (χ4n) is 2.29. The second kappa shape index (κ2) is 5.97. The first-order valence-corrected chi connectivity index (χ1v) is 6.60. The summed E-state index contributed by atoms with van der Waals surface area (Å²) in [6, 6.07) is 6.18. The average molecular weight is 262 g/mol. The molecule has 0 aliphatic rings. The Kier molecular flexibility index (Phi) is 4.32. The number of aromatic nitrogens is 2. The maximum atomic E-state index is 12.9. The van der Waals surface area contributed by atoms with Crippen molar-refractivity contribution in [3.8, 4) is 11.3 Å². The molecule has 3 nitrogen and oxygen atoms in total. The van der Waals surface area contributed by atoms with Crippen LogP contribution in [0.15, 0.2) is 30.5 Å². The minimum absolute atomic E-state index is 0.168. The molecule has 0 saturated carbocycles. The Morgan fingerprint density at radius 1 is 1.32 bits per heavy atom. The van der Waals surface area contributed by atoms with Gasteiger partial charge in [0.05, 0.1) is 18.0 Å². The van der Waals surface area contributed by atoms with Crippen molar-refractivity contribution < 1.29 is 9.50 Å². The monoisotopic (exact) mass is 262 g/mol. The van der Waals surface area contributed by atoms with E-state index in [1.807, 2.05) is 6.92 Å². The summed E-state index contributed by atoms with van der Waals surface area (Å²) in [5, 5.41) is 17.3. The molecular weight excluding hydrogens is 243 g/mol. The van der Waals surface area contributed by atoms with Crippen LogP contribution in [-0.2, 0) is 0 Å². The number of hydrogen-bond donors (Lipinski definition) is 2. The van der Waals surface area contributed by atoms with Gasteiger partial charge < -0.3 is 5.11 Å². The quantitative estimate of drug-likeness (QED) is 0.863. The van der Waals surface area contributed by atoms with Gasteiger partial charge in [0.25, 0.3) is 0 Å². The van der Waals surface area contributed by atoms with Gasteiger partial charge in [-0.2, -0.15) is 5.10 Å². The topological polar surface area (TPSA) is 48.9 Å². The second-order valence-electron chi connectivity index (χ2n) is 4.92. The average Bonchev–Trinajstić information content (AvgIpc) is 2.88. The maximum Gasteiger partial charge on any atom is 0.123 e. The highest BCUT2D eigenvalue weighted by Crippen LogP contribution is 2.31. The van der Waals surface area contributed by atoms with Crippen LogP contribution in [0, 0.1) is 11.7 Å². The number of rotatable bonds is 5. The van der Waals surface area contributed by atoms with Crippen molar-refractivity contribution in [3.63, 3.8) is 0 Å². The van der Waals surface area contributed by atoms with Crippen molar-refractivity contribution in [2.75, 3.05) is 0 Å². The van der Waals surface area contributed by atoms with Crippen LogP contribution in [0.25, 0.3) is 11.3 Å². The zero-order valence-corrected chi connectivity index (χ0v) is 11.2. The first-order chi connectivity index (χ1) is 9.13. The van der Waals surface area contributed by atoms with Gasteiger partial charge in [-0.1, -0.05) is 20.3 Å². The largest absolute Gasteiger partial charge is 0.388 e. The lowest BCUT2D eigenvalue weighted by Gasteiger charge is -2.18. The minimum atomic E-state index is -0.557. The summed E-state index contributed by atoms with van der Waals surface area (Å²) >= 11 is 0. The molecule has 0 spiro atoms. The summed E-state index contributed by atoms with van der Waals surface area (Å²) in [5.74, 6) is -0.105. The lowest BCUT2D eigenvalue weighted by molar-refractivity contribution is 0.113. The van der Waals surface area contributed by atoms with E-state index in [-0.39, 0.29) is 11.7 Å². The van der Waals surface area contributed by atoms with Crippen LogP contribution in [0.2, 0.25) is 0 Å². The van der Waals surface area contributed by atoms with Crippen LogP contribution in [0.5, 0.6) is 0 Å². The zero-order chi connectivity index (χ0) is 13.8. The molecule has 2 unspecified atom stereocenters. The molecule has 0 radical (unpaired) electrons. The van der Waals surface area contributed by atoms with Crippen molar-refractivity contribution in [3.05, 3.63) is 41.8 Å². The van der Waals surface area contributed by atoms with Crippen molar-refractivity contribution in [2.45, 2.75) is 32.8 Å². The third-order valence-corrected chi connectivity index (χ3v) is 3.40. The van der Waals surface area contributed by atoms with Crippen molar-refractivity contribution in [1.29, 1.82) is 0 Å². The Hall–Kier alpha value is -1.68. The second-order valence-corrected chi connectivity index (χ2v) is 4.92. The van der Waals surface area contributed by atoms with E-state index in [1.54, 1.807) is 18.3 Å². The van der Waals surface area contributed by atoms with Gasteiger partial charge in [-0.3, -0.25) is 5.10 Å². The fraction of sp³-hybridized carbons (Fsp3) is 0.400. The molecule has 0 amide bonds. The van der Waals surface area contributed by atoms with Gasteiger partial charge in [-0.05, 0) is 36.6 Å². The summed E-state index contributed by atoms with van der Waals surface area (Å²) in [6.45, 7) is 4.12. The number of aliphatic hydroxyl groups excluding tert-OH is 1. The van der Waals surface area contributed by atoms with Crippen molar-refractivity contribution >= 4 is 0 Å². The van der Waals surface area contributed by atoms with E-state index in [9.17, 15) is 9.50 Å². The van der Waals surface area contributed by atoms with Gasteiger partial charge in [0.2, 0.25) is 0 Å². The molecule has 0 aliphatic carbocycles. The predicted octanol–water partition coefficient (Wildman–Crippen LogP) is 3.69. The van der Waals surface area contributed by atoms with Crippen molar-refractivity contribution in [2.24, 2.45) is 5.92 Å². The molecule has 19 heavy (non-hydrogen) atoms. The summed E-state index contributed by atoms with van der Waals surface area (Å²) < 4.78 is 12.9. The van der Waals surface area contributed by atoms with Crippen LogP contribution < -0.4 is 0 Å². The van der Waals surface area contributed by atoms with Gasteiger partial charge in [0.15, 0.2) is 0 Å². The molecule has 2 rings (SSSR count). The Labute approximate surface area is 112 Å². The molecule has 2 atom stereocenters. The maximum absolute atomic E-state index is 12.9. The predicted molar refractivity (Wildman–Crippen MR) is 73.0 cm³/mol. The summed E-state index contributed by atoms with van der Waals surface area (Å²) in [5.41, 5.74) is 2.36. The Balaban J connectivity index is 2.29. The summed E-state index contributed by atoms with van der Waals surface area (Å²) in [4.78, 5) is 0. The van der Waals surface area contributed by atoms with Crippen LogP contribution in [0.3, 0.4) is 0 Å². The SMILES string of the molecule is CCCC(C)C(O)c1cn[nH]c1-c1ccc(F)cc1. The molecule has 0 bridgehead atoms. The Morgan fingerprint density at radius 3 is 2.63 bits per heavy atom. The molecule has 102 valence electrons. The minimum Gasteiger partial charge on any atom is -0.388 e. The number of hydrogen-bond acceptors (Lipinski definition) is 2. The first-order valence-electron chi connectivity index (χ1n) is 6.60. The third-order valence-electron chi connectivity index (χ3n) is 3.40. The standard InChI is InChI=1S/C15H19FN2O/c1-3-4-10(2)15(19)13-9-17-18-14(13)11-5-7-12(16)8-6-11/h5-10,15,19H,3-4H2,1-2H3,(H,17,18). The lowest BCUT2D eigenvalue weighted by atomic mass is 9.92. The molecule has 0 fully saturated rings. The van der Waals surface area contributed by atoms with E-state index in [0.29, 0.717) is 0 Å². The molecule has 1 heterocycles. The molecular formula is C15H19FN2O. The molecule has 2 N–H and O–H groups in total. The number of halogens is 1. The highest BCUT2D eigenvalue weighted by Gasteiger charge is 2.21. The first kappa shape index (κ1) is 13.7. The van der Waals surface area contributed by atoms with E-state index in [4.69, 9.17) is 0 Å². The molecule has 0 aliphatic heterocycles. The highest BCUT2D eigenvalue weighted by molar-refractivity contribution is 5.63. The van der Waals surface area contributed by atoms with Gasteiger partial charge in [0, 0.05) is 11.1 Å². The van der Waals surface area contributed by atoms with Crippen LogP contribution in [0.4, 0.5) is 4.39 Å². The van der Waals surface area contributed by atoms with Crippen LogP contribution in [-0.4, -0.2) is 15.3 Å². The van der Waals surface area contributed by atoms with Crippen molar-refractivity contribution in [1.82, 2.24) is 10.2 Å². The fourth-order valence-corrected chi connectivity index (χ4v) is 2.29. The number of H-pyrrole nitrogens is 1. The Morgan fingerprint density at radius 2 is 2.00 bits per heavy atom. The van der Waals surface area contributed by atoms with Crippen LogP contribution in [0.1, 0.15) is 38.4 Å². The van der Waals surface area contributed by atoms with E-state index < -0.39 is 6.10 Å². The number of aromatic amines is 1. The smallest absolute Gasteiger partial charge is 0.123 e. The molecule has 1 aromatic heterocycles. The van der Waals surface area contributed by atoms with Gasteiger partial charge in [0.1, 0.15) is 5.82 Å². The third kappa shape index (κ3) is 3.01. The van der Waals surface area contributed by atoms with E-state index in [1.165, 1.54) is 12.1 Å². The number of aliphatic hydroxyl groups is 1. The Bertz CT molecular complexity index is 521. The summed E-state index contributed by atoms with van der Waals surface area (Å²) in [7, 11) is 0. The molecule has 0 saturated heterocycles. The van der Waals surface area contributed by atoms with Gasteiger partial charge in [-0.15, -0.1) is 0 Å². The van der Waals surface area contributed by atoms with Crippen LogP contribution >= 0.6 is 0 Å². The van der Waals surface area contributed by atoms with E-state index in [2.05, 4.69) is 17.1 Å². The summed E-state index contributed by atoms with van der Waals surface area (Å²) in [6.07, 6.45) is 3.07. The van der Waals surface area contributed by atoms with Gasteiger partial charge >= 0.3 is 0 Å². The van der Waals surface area contributed by atoms with E-state index >= 15 is 0 Å². The number of nitrogens with one attached hydrogen (secondary N) is 1. The zero-order valence-electron chi connectivity index (χ0n) is 11.2. The molecule has 1 aromatic carbocycles. The highest BCUT2D eigenvalue weighted by atomic mass is 19.1. The normalized spacial score (nSPS) is 14.3. The molecule has 4 heteroatoms. The number of nitrogens with zero attached hydrogens (tertiary/aromatic N) is 1. The van der Waals surface area contributed by atoms with E-state index in [0.717, 1.165) is 29.7 Å². The van der Waals surface area contributed by atoms with Gasteiger partial charge in [-0.25, -0.2) is 4.39 Å². The lowest BCUT2D eigenvalue weighted by Crippen LogP contribution is -2.09.